The van der Waals surface area contributed by atoms with Gasteiger partial charge in [-0.3, -0.25) is 9.36 Å². The molecule has 124 valence electrons. The number of amides is 1. The highest BCUT2D eigenvalue weighted by atomic mass is 35.5. The number of pyridine rings is 1. The Bertz CT molecular complexity index is 652. The van der Waals surface area contributed by atoms with Crippen LogP contribution in [0.3, 0.4) is 0 Å². The quantitative estimate of drug-likeness (QED) is 0.884. The summed E-state index contributed by atoms with van der Waals surface area (Å²) >= 11 is 0. The van der Waals surface area contributed by atoms with E-state index < -0.39 is 0 Å². The molecule has 0 aromatic carbocycles. The number of aromatic nitrogens is 3. The van der Waals surface area contributed by atoms with Crippen molar-refractivity contribution >= 4 is 30.7 Å². The third kappa shape index (κ3) is 3.34. The maximum absolute atomic E-state index is 12.7. The topological polar surface area (TPSA) is 63.1 Å². The molecule has 1 N–H and O–H groups in total. The SMILES string of the molecule is Cl.Cl.O=C(c1ccnc(-n2ccnc2)c1)N1C[C@H]2CNC[C@H]2C1. The molecule has 4 heterocycles. The maximum atomic E-state index is 12.7. The van der Waals surface area contributed by atoms with Gasteiger partial charge in [0, 0.05) is 50.3 Å². The summed E-state index contributed by atoms with van der Waals surface area (Å²) in [6, 6.07) is 3.62. The van der Waals surface area contributed by atoms with Gasteiger partial charge >= 0.3 is 0 Å². The first-order chi connectivity index (χ1) is 10.3. The molecule has 2 aromatic rings. The summed E-state index contributed by atoms with van der Waals surface area (Å²) in [4.78, 5) is 22.9. The normalized spacial score (nSPS) is 22.2. The predicted octanol–water partition coefficient (Wildman–Crippen LogP) is 1.40. The van der Waals surface area contributed by atoms with E-state index in [0.29, 0.717) is 17.4 Å². The molecule has 2 saturated heterocycles. The molecule has 0 aliphatic carbocycles. The van der Waals surface area contributed by atoms with Crippen LogP contribution in [0.15, 0.2) is 37.1 Å². The summed E-state index contributed by atoms with van der Waals surface area (Å²) in [7, 11) is 0. The summed E-state index contributed by atoms with van der Waals surface area (Å²) < 4.78 is 1.80. The number of fused-ring (bicyclic) bond motifs is 1. The molecule has 0 bridgehead atoms. The Labute approximate surface area is 147 Å². The molecule has 2 aliphatic heterocycles. The van der Waals surface area contributed by atoms with Gasteiger partial charge in [-0.15, -0.1) is 24.8 Å². The van der Waals surface area contributed by atoms with E-state index in [0.717, 1.165) is 32.0 Å². The molecule has 4 rings (SSSR count). The van der Waals surface area contributed by atoms with E-state index in [-0.39, 0.29) is 30.7 Å². The van der Waals surface area contributed by atoms with Gasteiger partial charge in [0.25, 0.3) is 5.91 Å². The monoisotopic (exact) mass is 355 g/mol. The number of likely N-dealkylation sites (tertiary alicyclic amines) is 1. The first kappa shape index (κ1) is 17.7. The van der Waals surface area contributed by atoms with Crippen LogP contribution in [0.4, 0.5) is 0 Å². The lowest BCUT2D eigenvalue weighted by molar-refractivity contribution is 0.0781. The number of hydrogen-bond donors (Lipinski definition) is 1. The van der Waals surface area contributed by atoms with Gasteiger partial charge in [-0.05, 0) is 24.0 Å². The highest BCUT2D eigenvalue weighted by Crippen LogP contribution is 2.27. The smallest absolute Gasteiger partial charge is 0.254 e. The van der Waals surface area contributed by atoms with E-state index in [1.165, 1.54) is 0 Å². The van der Waals surface area contributed by atoms with Gasteiger partial charge < -0.3 is 10.2 Å². The highest BCUT2D eigenvalue weighted by molar-refractivity contribution is 5.94. The zero-order valence-corrected chi connectivity index (χ0v) is 14.1. The van der Waals surface area contributed by atoms with Crippen LogP contribution >= 0.6 is 24.8 Å². The summed E-state index contributed by atoms with van der Waals surface area (Å²) in [5.41, 5.74) is 0.696. The summed E-state index contributed by atoms with van der Waals surface area (Å²) in [5, 5.41) is 3.39. The fourth-order valence-corrected chi connectivity index (χ4v) is 3.29. The van der Waals surface area contributed by atoms with Crippen LogP contribution in [0.5, 0.6) is 0 Å². The van der Waals surface area contributed by atoms with Crippen molar-refractivity contribution in [1.82, 2.24) is 24.8 Å². The second-order valence-corrected chi connectivity index (χ2v) is 5.76. The van der Waals surface area contributed by atoms with Crippen LogP contribution in [-0.2, 0) is 0 Å². The van der Waals surface area contributed by atoms with Crippen molar-refractivity contribution in [2.75, 3.05) is 26.2 Å². The standard InChI is InChI=1S/C15H17N5O.2ClH/c21-15(20-8-12-6-17-7-13(12)9-20)11-1-2-18-14(5-11)19-4-3-16-10-19;;/h1-5,10,12-13,17H,6-9H2;2*1H/t12-,13+;;. The van der Waals surface area contributed by atoms with Crippen molar-refractivity contribution in [2.45, 2.75) is 0 Å². The Kier molecular flexibility index (Phi) is 5.62. The van der Waals surface area contributed by atoms with Crippen molar-refractivity contribution in [2.24, 2.45) is 11.8 Å². The maximum Gasteiger partial charge on any atom is 0.254 e. The van der Waals surface area contributed by atoms with Gasteiger partial charge in [0.1, 0.15) is 12.1 Å². The first-order valence-corrected chi connectivity index (χ1v) is 7.25. The lowest BCUT2D eigenvalue weighted by atomic mass is 10.0. The largest absolute Gasteiger partial charge is 0.338 e. The van der Waals surface area contributed by atoms with Gasteiger partial charge in [-0.25, -0.2) is 9.97 Å². The summed E-state index contributed by atoms with van der Waals surface area (Å²) in [6.07, 6.45) is 6.89. The molecule has 6 nitrogen and oxygen atoms in total. The number of nitrogens with zero attached hydrogens (tertiary/aromatic N) is 4. The minimum atomic E-state index is 0. The van der Waals surface area contributed by atoms with Crippen molar-refractivity contribution in [3.8, 4) is 5.82 Å². The fraction of sp³-hybridized carbons (Fsp3) is 0.400. The van der Waals surface area contributed by atoms with Crippen LogP contribution in [0.1, 0.15) is 10.4 Å². The summed E-state index contributed by atoms with van der Waals surface area (Å²) in [6.45, 7) is 3.79. The predicted molar refractivity (Wildman–Crippen MR) is 91.6 cm³/mol. The zero-order chi connectivity index (χ0) is 14.2. The number of imidazole rings is 1. The number of rotatable bonds is 2. The van der Waals surface area contributed by atoms with Crippen molar-refractivity contribution in [1.29, 1.82) is 0 Å². The molecule has 0 radical (unpaired) electrons. The second kappa shape index (κ2) is 7.29. The highest BCUT2D eigenvalue weighted by Gasteiger charge is 2.38. The van der Waals surface area contributed by atoms with E-state index >= 15 is 0 Å². The molecule has 0 spiro atoms. The lowest BCUT2D eigenvalue weighted by Crippen LogP contribution is -2.31. The van der Waals surface area contributed by atoms with E-state index in [1.54, 1.807) is 29.4 Å². The number of carbonyl (C=O) groups excluding carboxylic acids is 1. The van der Waals surface area contributed by atoms with Crippen LogP contribution in [0.25, 0.3) is 5.82 Å². The Morgan fingerprint density at radius 3 is 2.57 bits per heavy atom. The van der Waals surface area contributed by atoms with Gasteiger partial charge in [0.2, 0.25) is 0 Å². The van der Waals surface area contributed by atoms with Crippen molar-refractivity contribution < 1.29 is 4.79 Å². The molecular formula is C15H19Cl2N5O. The number of nitrogens with one attached hydrogen (secondary N) is 1. The molecule has 0 saturated carbocycles. The third-order valence-electron chi connectivity index (χ3n) is 4.44. The molecule has 2 aromatic heterocycles. The number of hydrogen-bond acceptors (Lipinski definition) is 4. The van der Waals surface area contributed by atoms with E-state index in [2.05, 4.69) is 15.3 Å². The minimum Gasteiger partial charge on any atom is -0.338 e. The minimum absolute atomic E-state index is 0. The molecule has 8 heteroatoms. The molecule has 2 fully saturated rings. The van der Waals surface area contributed by atoms with Crippen LogP contribution < -0.4 is 5.32 Å². The van der Waals surface area contributed by atoms with Crippen molar-refractivity contribution in [3.05, 3.63) is 42.6 Å². The van der Waals surface area contributed by atoms with E-state index in [9.17, 15) is 4.79 Å². The van der Waals surface area contributed by atoms with E-state index in [4.69, 9.17) is 0 Å². The molecule has 2 atom stereocenters. The Morgan fingerprint density at radius 2 is 1.91 bits per heavy atom. The molecular weight excluding hydrogens is 337 g/mol. The summed E-state index contributed by atoms with van der Waals surface area (Å²) in [5.74, 6) is 2.06. The molecule has 0 unspecified atom stereocenters. The van der Waals surface area contributed by atoms with Crippen LogP contribution in [0, 0.1) is 11.8 Å². The van der Waals surface area contributed by atoms with Gasteiger partial charge in [0.05, 0.1) is 0 Å². The van der Waals surface area contributed by atoms with Crippen LogP contribution in [-0.4, -0.2) is 51.5 Å². The lowest BCUT2D eigenvalue weighted by Gasteiger charge is -2.17. The van der Waals surface area contributed by atoms with Crippen LogP contribution in [0.2, 0.25) is 0 Å². The Morgan fingerprint density at radius 1 is 1.17 bits per heavy atom. The Balaban J connectivity index is 0.000000960. The Hall–Kier alpha value is -1.63. The fourth-order valence-electron chi connectivity index (χ4n) is 3.29. The number of carbonyl (C=O) groups is 1. The second-order valence-electron chi connectivity index (χ2n) is 5.76. The van der Waals surface area contributed by atoms with Crippen molar-refractivity contribution in [3.63, 3.8) is 0 Å². The third-order valence-corrected chi connectivity index (χ3v) is 4.44. The van der Waals surface area contributed by atoms with Gasteiger partial charge in [-0.2, -0.15) is 0 Å². The average molecular weight is 356 g/mol. The average Bonchev–Trinajstić information content (AvgIpc) is 3.22. The number of halogens is 2. The first-order valence-electron chi connectivity index (χ1n) is 7.25. The zero-order valence-electron chi connectivity index (χ0n) is 12.5. The molecule has 23 heavy (non-hydrogen) atoms. The van der Waals surface area contributed by atoms with Gasteiger partial charge in [-0.1, -0.05) is 0 Å². The molecule has 2 aliphatic rings. The van der Waals surface area contributed by atoms with E-state index in [1.807, 2.05) is 17.2 Å². The van der Waals surface area contributed by atoms with Gasteiger partial charge in [0.15, 0.2) is 0 Å². The molecule has 1 amide bonds.